The maximum Gasteiger partial charge on any atom is 0.408 e. The average Bonchev–Trinajstić information content (AvgIpc) is 2.29. The van der Waals surface area contributed by atoms with Crippen molar-refractivity contribution in [1.29, 1.82) is 0 Å². The molecule has 0 bridgehead atoms. The van der Waals surface area contributed by atoms with Gasteiger partial charge in [0.15, 0.2) is 0 Å². The van der Waals surface area contributed by atoms with E-state index in [2.05, 4.69) is 5.32 Å². The van der Waals surface area contributed by atoms with Crippen molar-refractivity contribution in [3.8, 4) is 5.75 Å². The summed E-state index contributed by atoms with van der Waals surface area (Å²) in [5.41, 5.74) is 1.63. The zero-order valence-electron chi connectivity index (χ0n) is 13.6. The number of amides is 1. The summed E-state index contributed by atoms with van der Waals surface area (Å²) in [5.74, 6) is -1.01. The molecule has 0 aliphatic carbocycles. The minimum absolute atomic E-state index is 0.118. The monoisotopic (exact) mass is 309 g/mol. The summed E-state index contributed by atoms with van der Waals surface area (Å²) in [7, 11) is 0. The van der Waals surface area contributed by atoms with E-state index >= 15 is 0 Å². The van der Waals surface area contributed by atoms with Crippen LogP contribution in [-0.2, 0) is 16.0 Å². The highest BCUT2D eigenvalue weighted by atomic mass is 16.6. The second-order valence-corrected chi connectivity index (χ2v) is 6.30. The number of phenolic OH excluding ortho intramolecular Hbond substituents is 1. The molecular weight excluding hydrogens is 286 g/mol. The SMILES string of the molecule is Cc1cc(O)cc(C)c1CC(NC(=O)OC(C)(C)C)C(=O)O. The zero-order valence-corrected chi connectivity index (χ0v) is 13.6. The van der Waals surface area contributed by atoms with Crippen LogP contribution in [0.5, 0.6) is 5.75 Å². The van der Waals surface area contributed by atoms with Gasteiger partial charge in [-0.05, 0) is 63.4 Å². The number of aromatic hydroxyl groups is 1. The van der Waals surface area contributed by atoms with Crippen LogP contribution in [0.15, 0.2) is 12.1 Å². The lowest BCUT2D eigenvalue weighted by Crippen LogP contribution is -2.44. The van der Waals surface area contributed by atoms with Crippen molar-refractivity contribution in [3.05, 3.63) is 28.8 Å². The van der Waals surface area contributed by atoms with E-state index in [1.165, 1.54) is 0 Å². The molecule has 0 fully saturated rings. The third-order valence-corrected chi connectivity index (χ3v) is 3.08. The van der Waals surface area contributed by atoms with Crippen LogP contribution in [-0.4, -0.2) is 33.9 Å². The fourth-order valence-corrected chi connectivity index (χ4v) is 2.15. The van der Waals surface area contributed by atoms with E-state index in [9.17, 15) is 19.8 Å². The van der Waals surface area contributed by atoms with Crippen LogP contribution >= 0.6 is 0 Å². The standard InChI is InChI=1S/C16H23NO5/c1-9-6-11(18)7-10(2)12(9)8-13(14(19)20)17-15(21)22-16(3,4)5/h6-7,13,18H,8H2,1-5H3,(H,17,21)(H,19,20). The van der Waals surface area contributed by atoms with E-state index in [1.54, 1.807) is 46.8 Å². The Bertz CT molecular complexity index is 551. The van der Waals surface area contributed by atoms with Gasteiger partial charge in [-0.3, -0.25) is 0 Å². The van der Waals surface area contributed by atoms with E-state index in [0.717, 1.165) is 16.7 Å². The van der Waals surface area contributed by atoms with Crippen molar-refractivity contribution in [2.45, 2.75) is 52.7 Å². The molecule has 6 nitrogen and oxygen atoms in total. The molecule has 0 radical (unpaired) electrons. The smallest absolute Gasteiger partial charge is 0.408 e. The Morgan fingerprint density at radius 3 is 2.14 bits per heavy atom. The van der Waals surface area contributed by atoms with E-state index in [-0.39, 0.29) is 12.2 Å². The quantitative estimate of drug-likeness (QED) is 0.794. The second kappa shape index (κ2) is 6.68. The van der Waals surface area contributed by atoms with E-state index < -0.39 is 23.7 Å². The first kappa shape index (κ1) is 17.8. The molecule has 0 aliphatic rings. The Balaban J connectivity index is 2.90. The molecule has 0 aromatic heterocycles. The van der Waals surface area contributed by atoms with Gasteiger partial charge < -0.3 is 20.3 Å². The normalized spacial score (nSPS) is 12.6. The third kappa shape index (κ3) is 5.27. The number of carboxylic acids is 1. The Morgan fingerprint density at radius 2 is 1.73 bits per heavy atom. The molecule has 1 aromatic rings. The molecule has 6 heteroatoms. The van der Waals surface area contributed by atoms with Crippen molar-refractivity contribution in [2.24, 2.45) is 0 Å². The number of alkyl carbamates (subject to hydrolysis) is 1. The average molecular weight is 309 g/mol. The molecule has 1 unspecified atom stereocenters. The summed E-state index contributed by atoms with van der Waals surface area (Å²) in [5, 5.41) is 21.2. The fraction of sp³-hybridized carbons (Fsp3) is 0.500. The predicted molar refractivity (Wildman–Crippen MR) is 82.1 cm³/mol. The number of hydrogen-bond donors (Lipinski definition) is 3. The predicted octanol–water partition coefficient (Wildman–Crippen LogP) is 2.53. The van der Waals surface area contributed by atoms with Crippen molar-refractivity contribution in [1.82, 2.24) is 5.32 Å². The number of phenols is 1. The van der Waals surface area contributed by atoms with Crippen molar-refractivity contribution in [2.75, 3.05) is 0 Å². The third-order valence-electron chi connectivity index (χ3n) is 3.08. The molecule has 0 saturated carbocycles. The molecule has 1 aromatic carbocycles. The first-order valence-electron chi connectivity index (χ1n) is 7.01. The second-order valence-electron chi connectivity index (χ2n) is 6.30. The molecule has 1 rings (SSSR count). The Hall–Kier alpha value is -2.24. The maximum absolute atomic E-state index is 11.8. The molecule has 22 heavy (non-hydrogen) atoms. The highest BCUT2D eigenvalue weighted by Crippen LogP contribution is 2.22. The Morgan fingerprint density at radius 1 is 1.23 bits per heavy atom. The minimum atomic E-state index is -1.14. The number of nitrogens with one attached hydrogen (secondary N) is 1. The van der Waals surface area contributed by atoms with Gasteiger partial charge in [-0.2, -0.15) is 0 Å². The molecule has 122 valence electrons. The van der Waals surface area contributed by atoms with Crippen LogP contribution in [0.4, 0.5) is 4.79 Å². The number of aryl methyl sites for hydroxylation is 2. The molecule has 0 saturated heterocycles. The van der Waals surface area contributed by atoms with Crippen LogP contribution in [0.3, 0.4) is 0 Å². The fourth-order valence-electron chi connectivity index (χ4n) is 2.15. The Kier molecular flexibility index (Phi) is 5.41. The van der Waals surface area contributed by atoms with Crippen LogP contribution < -0.4 is 5.32 Å². The molecule has 0 heterocycles. The number of aliphatic carboxylic acids is 1. The Labute approximate surface area is 130 Å². The van der Waals surface area contributed by atoms with Gasteiger partial charge in [0.1, 0.15) is 17.4 Å². The van der Waals surface area contributed by atoms with Gasteiger partial charge in [-0.15, -0.1) is 0 Å². The lowest BCUT2D eigenvalue weighted by atomic mass is 9.96. The van der Waals surface area contributed by atoms with Gasteiger partial charge >= 0.3 is 12.1 Å². The molecule has 0 aliphatic heterocycles. The lowest BCUT2D eigenvalue weighted by molar-refractivity contribution is -0.139. The minimum Gasteiger partial charge on any atom is -0.508 e. The first-order valence-corrected chi connectivity index (χ1v) is 7.01. The number of carboxylic acid groups (broad SMARTS) is 1. The van der Waals surface area contributed by atoms with Gasteiger partial charge in [0.2, 0.25) is 0 Å². The van der Waals surface area contributed by atoms with E-state index in [1.807, 2.05) is 0 Å². The first-order chi connectivity index (χ1) is 9.99. The molecular formula is C16H23NO5. The molecule has 1 atom stereocenters. The summed E-state index contributed by atoms with van der Waals surface area (Å²) in [4.78, 5) is 23.1. The summed E-state index contributed by atoms with van der Waals surface area (Å²) >= 11 is 0. The van der Waals surface area contributed by atoms with Crippen LogP contribution in [0.25, 0.3) is 0 Å². The van der Waals surface area contributed by atoms with Crippen LogP contribution in [0.2, 0.25) is 0 Å². The summed E-state index contributed by atoms with van der Waals surface area (Å²) in [6.45, 7) is 8.69. The maximum atomic E-state index is 11.8. The lowest BCUT2D eigenvalue weighted by Gasteiger charge is -2.22. The van der Waals surface area contributed by atoms with Crippen LogP contribution in [0.1, 0.15) is 37.5 Å². The summed E-state index contributed by atoms with van der Waals surface area (Å²) < 4.78 is 5.08. The van der Waals surface area contributed by atoms with Gasteiger partial charge in [-0.1, -0.05) is 0 Å². The highest BCUT2D eigenvalue weighted by molar-refractivity contribution is 5.80. The van der Waals surface area contributed by atoms with Gasteiger partial charge in [0, 0.05) is 6.42 Å². The van der Waals surface area contributed by atoms with Crippen molar-refractivity contribution in [3.63, 3.8) is 0 Å². The summed E-state index contributed by atoms with van der Waals surface area (Å²) in [6, 6.07) is 2.03. The molecule has 0 spiro atoms. The van der Waals surface area contributed by atoms with E-state index in [4.69, 9.17) is 4.74 Å². The van der Waals surface area contributed by atoms with E-state index in [0.29, 0.717) is 0 Å². The largest absolute Gasteiger partial charge is 0.508 e. The number of ether oxygens (including phenoxy) is 1. The van der Waals surface area contributed by atoms with Gasteiger partial charge in [0.25, 0.3) is 0 Å². The van der Waals surface area contributed by atoms with Crippen molar-refractivity contribution >= 4 is 12.1 Å². The number of benzene rings is 1. The highest BCUT2D eigenvalue weighted by Gasteiger charge is 2.25. The van der Waals surface area contributed by atoms with Crippen LogP contribution in [0, 0.1) is 13.8 Å². The number of rotatable bonds is 4. The van der Waals surface area contributed by atoms with Crippen molar-refractivity contribution < 1.29 is 24.5 Å². The molecule has 1 amide bonds. The number of carbonyl (C=O) groups excluding carboxylic acids is 1. The number of carbonyl (C=O) groups is 2. The van der Waals surface area contributed by atoms with Gasteiger partial charge in [-0.25, -0.2) is 9.59 Å². The number of hydrogen-bond acceptors (Lipinski definition) is 4. The topological polar surface area (TPSA) is 95.9 Å². The zero-order chi connectivity index (χ0) is 17.1. The summed E-state index contributed by atoms with van der Waals surface area (Å²) in [6.07, 6.45) is -0.652. The molecule has 3 N–H and O–H groups in total. The van der Waals surface area contributed by atoms with Gasteiger partial charge in [0.05, 0.1) is 0 Å².